The van der Waals surface area contributed by atoms with Crippen molar-refractivity contribution in [2.24, 2.45) is 11.8 Å². The van der Waals surface area contributed by atoms with E-state index in [2.05, 4.69) is 41.5 Å². The van der Waals surface area contributed by atoms with Crippen LogP contribution in [0.5, 0.6) is 0 Å². The fourth-order valence-corrected chi connectivity index (χ4v) is 2.76. The lowest BCUT2D eigenvalue weighted by Crippen LogP contribution is -2.30. The third-order valence-electron chi connectivity index (χ3n) is 4.17. The van der Waals surface area contributed by atoms with Crippen LogP contribution in [-0.4, -0.2) is 12.1 Å². The Morgan fingerprint density at radius 1 is 0.647 bits per heavy atom. The molecule has 103 valence electrons. The minimum absolute atomic E-state index is 0.546. The van der Waals surface area contributed by atoms with Crippen molar-refractivity contribution in [3.05, 3.63) is 0 Å². The zero-order valence-corrected chi connectivity index (χ0v) is 13.0. The second kappa shape index (κ2) is 9.94. The molecule has 0 amide bonds. The summed E-state index contributed by atoms with van der Waals surface area (Å²) in [5, 5.41) is 4.95. The Morgan fingerprint density at radius 3 is 1.18 bits per heavy atom. The summed E-state index contributed by atoms with van der Waals surface area (Å²) in [6, 6.07) is 1.09. The van der Waals surface area contributed by atoms with Crippen LogP contribution in [0.25, 0.3) is 0 Å². The smallest absolute Gasteiger partial charge is 0.0223 e. The van der Waals surface area contributed by atoms with Crippen LogP contribution in [0.2, 0.25) is 0 Å². The Bertz CT molecular complexity index is 141. The first-order valence-electron chi connectivity index (χ1n) is 7.77. The van der Waals surface area contributed by atoms with Crippen molar-refractivity contribution in [1.82, 2.24) is 5.32 Å². The monoisotopic (exact) mass is 240 g/mol. The molecular formula is C16H34N. The van der Waals surface area contributed by atoms with Crippen molar-refractivity contribution in [2.75, 3.05) is 0 Å². The number of hydrogen-bond donors (Lipinski definition) is 0. The minimum atomic E-state index is 0.546. The van der Waals surface area contributed by atoms with E-state index in [0.29, 0.717) is 12.1 Å². The normalized spacial score (nSPS) is 15.5. The fourth-order valence-electron chi connectivity index (χ4n) is 2.76. The van der Waals surface area contributed by atoms with Gasteiger partial charge in [-0.25, -0.2) is 5.32 Å². The van der Waals surface area contributed by atoms with Crippen LogP contribution >= 0.6 is 0 Å². The Morgan fingerprint density at radius 2 is 0.941 bits per heavy atom. The molecule has 0 saturated heterocycles. The third kappa shape index (κ3) is 7.81. The molecule has 0 aromatic rings. The molecule has 0 heterocycles. The first-order chi connectivity index (χ1) is 8.07. The van der Waals surface area contributed by atoms with Crippen LogP contribution in [-0.2, 0) is 0 Å². The minimum Gasteiger partial charge on any atom is -0.236 e. The fraction of sp³-hybridized carbons (Fsp3) is 1.00. The first kappa shape index (κ1) is 17.0. The van der Waals surface area contributed by atoms with Crippen LogP contribution in [0.1, 0.15) is 80.1 Å². The highest BCUT2D eigenvalue weighted by Crippen LogP contribution is 2.19. The van der Waals surface area contributed by atoms with Gasteiger partial charge < -0.3 is 0 Å². The lowest BCUT2D eigenvalue weighted by molar-refractivity contribution is 0.314. The van der Waals surface area contributed by atoms with Gasteiger partial charge in [-0.3, -0.25) is 0 Å². The molecule has 0 fully saturated rings. The average Bonchev–Trinajstić information content (AvgIpc) is 2.32. The molecule has 2 unspecified atom stereocenters. The van der Waals surface area contributed by atoms with Crippen LogP contribution < -0.4 is 5.32 Å². The summed E-state index contributed by atoms with van der Waals surface area (Å²) in [4.78, 5) is 0. The molecule has 1 nitrogen and oxygen atoms in total. The summed E-state index contributed by atoms with van der Waals surface area (Å²) in [6.45, 7) is 13.8. The Balaban J connectivity index is 3.89. The van der Waals surface area contributed by atoms with E-state index in [1.54, 1.807) is 0 Å². The number of nitrogens with zero attached hydrogens (tertiary/aromatic N) is 1. The van der Waals surface area contributed by atoms with Gasteiger partial charge in [-0.2, -0.15) is 0 Å². The number of rotatable bonds is 10. The molecule has 0 aliphatic carbocycles. The molecule has 0 spiro atoms. The molecule has 0 aliphatic heterocycles. The van der Waals surface area contributed by atoms with Crippen molar-refractivity contribution in [1.29, 1.82) is 0 Å². The molecule has 1 heteroatoms. The Labute approximate surface area is 110 Å². The van der Waals surface area contributed by atoms with Crippen molar-refractivity contribution in [2.45, 2.75) is 92.2 Å². The maximum absolute atomic E-state index is 4.95. The Hall–Kier alpha value is -0.0400. The molecular weight excluding hydrogens is 206 g/mol. The maximum Gasteiger partial charge on any atom is 0.0223 e. The predicted molar refractivity (Wildman–Crippen MR) is 78.4 cm³/mol. The van der Waals surface area contributed by atoms with Crippen molar-refractivity contribution in [3.8, 4) is 0 Å². The lowest BCUT2D eigenvalue weighted by atomic mass is 9.93. The van der Waals surface area contributed by atoms with E-state index < -0.39 is 0 Å². The molecule has 17 heavy (non-hydrogen) atoms. The van der Waals surface area contributed by atoms with Gasteiger partial charge in [-0.05, 0) is 38.5 Å². The quantitative estimate of drug-likeness (QED) is 0.509. The van der Waals surface area contributed by atoms with E-state index in [-0.39, 0.29) is 0 Å². The molecule has 0 aromatic heterocycles. The molecule has 1 radical (unpaired) electrons. The van der Waals surface area contributed by atoms with E-state index in [1.165, 1.54) is 38.5 Å². The summed E-state index contributed by atoms with van der Waals surface area (Å²) < 4.78 is 0. The SMILES string of the molecule is CCC(CC)CC(C)[N]C(C)CC(CC)CC. The standard InChI is InChI=1S/C16H34N/c1-7-15(8-2)11-13(5)17-14(6)12-16(9-3)10-4/h13-16H,7-12H2,1-6H3. The van der Waals surface area contributed by atoms with Crippen LogP contribution in [0.3, 0.4) is 0 Å². The van der Waals surface area contributed by atoms with Gasteiger partial charge in [-0.15, -0.1) is 0 Å². The molecule has 0 rings (SSSR count). The van der Waals surface area contributed by atoms with Gasteiger partial charge in [0.2, 0.25) is 0 Å². The molecule has 2 atom stereocenters. The van der Waals surface area contributed by atoms with E-state index in [0.717, 1.165) is 11.8 Å². The van der Waals surface area contributed by atoms with E-state index in [1.807, 2.05) is 0 Å². The van der Waals surface area contributed by atoms with Crippen LogP contribution in [0, 0.1) is 11.8 Å². The molecule has 0 aliphatic rings. The van der Waals surface area contributed by atoms with Crippen molar-refractivity contribution in [3.63, 3.8) is 0 Å². The maximum atomic E-state index is 4.95. The summed E-state index contributed by atoms with van der Waals surface area (Å²) in [6.07, 6.45) is 7.77. The first-order valence-corrected chi connectivity index (χ1v) is 7.77. The molecule has 0 N–H and O–H groups in total. The van der Waals surface area contributed by atoms with Gasteiger partial charge in [0, 0.05) is 12.1 Å². The molecule has 0 saturated carbocycles. The van der Waals surface area contributed by atoms with Gasteiger partial charge in [0.25, 0.3) is 0 Å². The van der Waals surface area contributed by atoms with Gasteiger partial charge >= 0.3 is 0 Å². The van der Waals surface area contributed by atoms with Crippen LogP contribution in [0.15, 0.2) is 0 Å². The van der Waals surface area contributed by atoms with E-state index in [9.17, 15) is 0 Å². The molecule has 0 aromatic carbocycles. The second-order valence-electron chi connectivity index (χ2n) is 5.68. The predicted octanol–water partition coefficient (Wildman–Crippen LogP) is 5.02. The van der Waals surface area contributed by atoms with E-state index >= 15 is 0 Å². The topological polar surface area (TPSA) is 14.1 Å². The summed E-state index contributed by atoms with van der Waals surface area (Å²) in [5.74, 6) is 1.74. The largest absolute Gasteiger partial charge is 0.236 e. The highest BCUT2D eigenvalue weighted by molar-refractivity contribution is 4.72. The van der Waals surface area contributed by atoms with Gasteiger partial charge in [-0.1, -0.05) is 53.4 Å². The summed E-state index contributed by atoms with van der Waals surface area (Å²) in [5.41, 5.74) is 0. The van der Waals surface area contributed by atoms with Crippen LogP contribution in [0.4, 0.5) is 0 Å². The lowest BCUT2D eigenvalue weighted by Gasteiger charge is -2.24. The van der Waals surface area contributed by atoms with E-state index in [4.69, 9.17) is 5.32 Å². The van der Waals surface area contributed by atoms with Gasteiger partial charge in [0.15, 0.2) is 0 Å². The number of hydrogen-bond acceptors (Lipinski definition) is 0. The van der Waals surface area contributed by atoms with Crippen molar-refractivity contribution < 1.29 is 0 Å². The third-order valence-corrected chi connectivity index (χ3v) is 4.17. The summed E-state index contributed by atoms with van der Waals surface area (Å²) in [7, 11) is 0. The zero-order chi connectivity index (χ0) is 13.3. The highest BCUT2D eigenvalue weighted by atomic mass is 14.9. The Kier molecular flexibility index (Phi) is 9.91. The second-order valence-corrected chi connectivity index (χ2v) is 5.68. The molecule has 0 bridgehead atoms. The van der Waals surface area contributed by atoms with Gasteiger partial charge in [0.1, 0.15) is 0 Å². The zero-order valence-electron chi connectivity index (χ0n) is 13.0. The van der Waals surface area contributed by atoms with Gasteiger partial charge in [0.05, 0.1) is 0 Å². The highest BCUT2D eigenvalue weighted by Gasteiger charge is 2.15. The van der Waals surface area contributed by atoms with Crippen molar-refractivity contribution >= 4 is 0 Å². The summed E-state index contributed by atoms with van der Waals surface area (Å²) >= 11 is 0. The average molecular weight is 240 g/mol.